The highest BCUT2D eigenvalue weighted by Crippen LogP contribution is 2.14. The first-order valence-corrected chi connectivity index (χ1v) is 8.14. The molecule has 0 spiro atoms. The molecule has 1 aliphatic carbocycles. The summed E-state index contributed by atoms with van der Waals surface area (Å²) in [5.41, 5.74) is 13.0. The van der Waals surface area contributed by atoms with Crippen molar-refractivity contribution in [1.82, 2.24) is 5.32 Å². The van der Waals surface area contributed by atoms with Crippen LogP contribution in [0.5, 0.6) is 0 Å². The number of nitrogens with two attached hydrogens (primary N) is 1. The molecule has 9 heteroatoms. The van der Waals surface area contributed by atoms with Crippen LogP contribution in [0.2, 0.25) is 0 Å². The lowest BCUT2D eigenvalue weighted by Gasteiger charge is -2.21. The van der Waals surface area contributed by atoms with Gasteiger partial charge in [0, 0.05) is 17.5 Å². The van der Waals surface area contributed by atoms with Gasteiger partial charge < -0.3 is 20.9 Å². The largest absolute Gasteiger partial charge is 0.480 e. The monoisotopic (exact) mass is 343 g/mol. The second-order valence-corrected chi connectivity index (χ2v) is 6.68. The summed E-state index contributed by atoms with van der Waals surface area (Å²) in [6, 6.07) is -0.593. The highest BCUT2D eigenvalue weighted by Gasteiger charge is 2.23. The third-order valence-corrected chi connectivity index (χ3v) is 3.22. The van der Waals surface area contributed by atoms with Crippen LogP contribution >= 0.6 is 0 Å². The number of carbonyl (C=O) groups is 2. The maximum atomic E-state index is 11.3. The Hall–Kier alpha value is -1.99. The minimum Gasteiger partial charge on any atom is -0.480 e. The number of hydrogen-bond donors (Lipinski definition) is 3. The number of carbonyl (C=O) groups excluding carboxylic acids is 1. The van der Waals surface area contributed by atoms with Crippen molar-refractivity contribution in [2.45, 2.75) is 77.0 Å². The third-order valence-electron chi connectivity index (χ3n) is 3.22. The first-order valence-electron chi connectivity index (χ1n) is 8.14. The smallest absolute Gasteiger partial charge is 0.408 e. The maximum Gasteiger partial charge on any atom is 0.408 e. The molecule has 0 saturated heterocycles. The number of nitrogens with zero attached hydrogens (tertiary/aromatic N) is 3. The van der Waals surface area contributed by atoms with Crippen molar-refractivity contribution in [1.29, 1.82) is 0 Å². The second-order valence-electron chi connectivity index (χ2n) is 6.68. The van der Waals surface area contributed by atoms with Gasteiger partial charge in [0.25, 0.3) is 0 Å². The fourth-order valence-electron chi connectivity index (χ4n) is 2.07. The fraction of sp³-hybridized carbons (Fsp3) is 0.867. The van der Waals surface area contributed by atoms with Gasteiger partial charge in [-0.3, -0.25) is 0 Å². The van der Waals surface area contributed by atoms with Crippen molar-refractivity contribution in [3.8, 4) is 0 Å². The molecule has 0 radical (unpaired) electrons. The Morgan fingerprint density at radius 2 is 1.96 bits per heavy atom. The molecule has 24 heavy (non-hydrogen) atoms. The molecule has 0 unspecified atom stereocenters. The lowest BCUT2D eigenvalue weighted by atomic mass is 9.97. The van der Waals surface area contributed by atoms with Crippen LogP contribution < -0.4 is 11.1 Å². The number of rotatable bonds is 5. The van der Waals surface area contributed by atoms with Crippen molar-refractivity contribution in [3.63, 3.8) is 0 Å². The van der Waals surface area contributed by atoms with Gasteiger partial charge in [-0.2, -0.15) is 0 Å². The predicted octanol–water partition coefficient (Wildman–Crippen LogP) is 2.94. The molecule has 0 aromatic carbocycles. The summed E-state index contributed by atoms with van der Waals surface area (Å²) < 4.78 is 4.91. The van der Waals surface area contributed by atoms with Crippen molar-refractivity contribution in [3.05, 3.63) is 10.4 Å². The number of azide groups is 1. The quantitative estimate of drug-likeness (QED) is 0.398. The van der Waals surface area contributed by atoms with E-state index < -0.39 is 23.7 Å². The lowest BCUT2D eigenvalue weighted by molar-refractivity contribution is -0.139. The summed E-state index contributed by atoms with van der Waals surface area (Å²) in [4.78, 5) is 24.6. The highest BCUT2D eigenvalue weighted by atomic mass is 16.6. The Balaban J connectivity index is 0.000000620. The van der Waals surface area contributed by atoms with Gasteiger partial charge in [0.15, 0.2) is 0 Å². The minimum atomic E-state index is -1.20. The van der Waals surface area contributed by atoms with Crippen LogP contribution in [0, 0.1) is 0 Å². The zero-order valence-electron chi connectivity index (χ0n) is 14.7. The average molecular weight is 343 g/mol. The Bertz CT molecular complexity index is 438. The zero-order valence-corrected chi connectivity index (χ0v) is 14.7. The first-order chi connectivity index (χ1) is 11.2. The van der Waals surface area contributed by atoms with E-state index in [9.17, 15) is 9.59 Å². The Kier molecular flexibility index (Phi) is 10.6. The summed E-state index contributed by atoms with van der Waals surface area (Å²) in [6.07, 6.45) is 5.86. The third kappa shape index (κ3) is 12.5. The molecule has 1 fully saturated rings. The Morgan fingerprint density at radius 3 is 2.33 bits per heavy atom. The van der Waals surface area contributed by atoms with Gasteiger partial charge in [-0.1, -0.05) is 24.4 Å². The van der Waals surface area contributed by atoms with Gasteiger partial charge >= 0.3 is 12.1 Å². The van der Waals surface area contributed by atoms with Crippen molar-refractivity contribution in [2.24, 2.45) is 10.8 Å². The number of carboxylic acid groups (broad SMARTS) is 1. The summed E-state index contributed by atoms with van der Waals surface area (Å²) in [6.45, 7) is 5.00. The van der Waals surface area contributed by atoms with Crippen LogP contribution in [0.15, 0.2) is 5.11 Å². The lowest BCUT2D eigenvalue weighted by Crippen LogP contribution is -2.43. The van der Waals surface area contributed by atoms with Gasteiger partial charge in [-0.25, -0.2) is 9.59 Å². The molecule has 0 heterocycles. The molecule has 1 rings (SSSR count). The Morgan fingerprint density at radius 1 is 1.38 bits per heavy atom. The van der Waals surface area contributed by atoms with Crippen molar-refractivity contribution in [2.75, 3.05) is 6.54 Å². The molecule has 1 amide bonds. The summed E-state index contributed by atoms with van der Waals surface area (Å²) in [5.74, 6) is -1.20. The van der Waals surface area contributed by atoms with Crippen LogP contribution in [-0.2, 0) is 9.53 Å². The topological polar surface area (TPSA) is 150 Å². The molecule has 138 valence electrons. The molecule has 1 aliphatic rings. The van der Waals surface area contributed by atoms with Gasteiger partial charge in [-0.15, -0.1) is 0 Å². The molecule has 0 aromatic heterocycles. The summed E-state index contributed by atoms with van der Waals surface area (Å²) in [5, 5.41) is 14.2. The number of amides is 1. The number of carboxylic acids is 1. The van der Waals surface area contributed by atoms with E-state index in [0.717, 1.165) is 0 Å². The molecule has 9 nitrogen and oxygen atoms in total. The predicted molar refractivity (Wildman–Crippen MR) is 90.5 cm³/mol. The van der Waals surface area contributed by atoms with Crippen LogP contribution in [-0.4, -0.2) is 41.4 Å². The van der Waals surface area contributed by atoms with Gasteiger partial charge in [-0.05, 0) is 45.6 Å². The van der Waals surface area contributed by atoms with E-state index in [1.807, 2.05) is 0 Å². The number of aliphatic carboxylic acids is 1. The van der Waals surface area contributed by atoms with E-state index in [0.29, 0.717) is 6.04 Å². The maximum absolute atomic E-state index is 11.3. The van der Waals surface area contributed by atoms with E-state index in [1.165, 1.54) is 32.1 Å². The molecule has 0 aliphatic heterocycles. The van der Waals surface area contributed by atoms with E-state index in [1.54, 1.807) is 20.8 Å². The van der Waals surface area contributed by atoms with E-state index in [4.69, 9.17) is 21.1 Å². The molecular weight excluding hydrogens is 314 g/mol. The molecule has 1 saturated carbocycles. The number of nitrogens with one attached hydrogen (secondary N) is 1. The van der Waals surface area contributed by atoms with Crippen molar-refractivity contribution >= 4 is 12.1 Å². The van der Waals surface area contributed by atoms with Crippen LogP contribution in [0.4, 0.5) is 4.79 Å². The highest BCUT2D eigenvalue weighted by molar-refractivity contribution is 5.79. The average Bonchev–Trinajstić information content (AvgIpc) is 2.46. The molecule has 4 N–H and O–H groups in total. The first kappa shape index (κ1) is 22.0. The van der Waals surface area contributed by atoms with Gasteiger partial charge in [0.1, 0.15) is 11.6 Å². The second kappa shape index (κ2) is 11.5. The normalized spacial score (nSPS) is 16.0. The summed E-state index contributed by atoms with van der Waals surface area (Å²) >= 11 is 0. The standard InChI is InChI=1S/C9H16N4O4.C6H13N/c1-9(2,3)17-8(16)12-6(7(14)15)4-5-11-13-10;7-6-4-2-1-3-5-6/h6H,4-5H2,1-3H3,(H,12,16)(H,14,15);6H,1-5,7H2/t6-;/m1./s1. The van der Waals surface area contributed by atoms with E-state index in [-0.39, 0.29) is 13.0 Å². The molecule has 1 atom stereocenters. The van der Waals surface area contributed by atoms with Gasteiger partial charge in [0.2, 0.25) is 0 Å². The number of ether oxygens (including phenoxy) is 1. The number of alkyl carbamates (subject to hydrolysis) is 1. The van der Waals surface area contributed by atoms with Crippen LogP contribution in [0.3, 0.4) is 0 Å². The molecule has 0 aromatic rings. The van der Waals surface area contributed by atoms with E-state index in [2.05, 4.69) is 15.3 Å². The molecule has 0 bridgehead atoms. The zero-order chi connectivity index (χ0) is 18.6. The fourth-order valence-corrected chi connectivity index (χ4v) is 2.07. The van der Waals surface area contributed by atoms with Crippen LogP contribution in [0.25, 0.3) is 10.4 Å². The van der Waals surface area contributed by atoms with Crippen LogP contribution in [0.1, 0.15) is 59.3 Å². The summed E-state index contributed by atoms with van der Waals surface area (Å²) in [7, 11) is 0. The Labute approximate surface area is 142 Å². The van der Waals surface area contributed by atoms with Gasteiger partial charge in [0.05, 0.1) is 0 Å². The van der Waals surface area contributed by atoms with E-state index >= 15 is 0 Å². The molecular formula is C15H29N5O4. The SMILES string of the molecule is CC(C)(C)OC(=O)N[C@H](CCN=[N+]=[N-])C(=O)O.NC1CCCCC1. The number of hydrogen-bond acceptors (Lipinski definition) is 5. The minimum absolute atomic E-state index is 0.0107. The van der Waals surface area contributed by atoms with Crippen molar-refractivity contribution < 1.29 is 19.4 Å².